The van der Waals surface area contributed by atoms with Gasteiger partial charge in [-0.05, 0) is 55.9 Å². The standard InChI is InChI=1S/C17H24Cl2O/c1-9-6-12(8-17(4,5)7-9)13-14(18)10(2)16(20)11(3)15(13)19/h9,12,20H,6-8H2,1-5H3. The molecular formula is C17H24Cl2O. The number of benzene rings is 1. The Bertz CT molecular complexity index is 505. The molecule has 0 radical (unpaired) electrons. The van der Waals surface area contributed by atoms with Gasteiger partial charge in [0.15, 0.2) is 0 Å². The van der Waals surface area contributed by atoms with E-state index in [0.29, 0.717) is 27.3 Å². The molecule has 0 bridgehead atoms. The van der Waals surface area contributed by atoms with E-state index in [1.807, 2.05) is 13.8 Å². The van der Waals surface area contributed by atoms with Crippen molar-refractivity contribution in [1.29, 1.82) is 0 Å². The maximum absolute atomic E-state index is 10.1. The van der Waals surface area contributed by atoms with Gasteiger partial charge in [-0.3, -0.25) is 0 Å². The molecule has 1 aromatic rings. The molecular weight excluding hydrogens is 291 g/mol. The molecule has 0 aromatic heterocycles. The van der Waals surface area contributed by atoms with Crippen molar-refractivity contribution in [3.05, 3.63) is 26.7 Å². The highest BCUT2D eigenvalue weighted by atomic mass is 35.5. The quantitative estimate of drug-likeness (QED) is 0.650. The van der Waals surface area contributed by atoms with Crippen LogP contribution in [0.5, 0.6) is 5.75 Å². The Labute approximate surface area is 132 Å². The van der Waals surface area contributed by atoms with Gasteiger partial charge in [-0.1, -0.05) is 44.0 Å². The lowest BCUT2D eigenvalue weighted by Gasteiger charge is -2.40. The lowest BCUT2D eigenvalue weighted by atomic mass is 9.66. The smallest absolute Gasteiger partial charge is 0.124 e. The van der Waals surface area contributed by atoms with Crippen molar-refractivity contribution < 1.29 is 5.11 Å². The van der Waals surface area contributed by atoms with E-state index in [2.05, 4.69) is 20.8 Å². The number of phenols is 1. The molecule has 0 aliphatic heterocycles. The van der Waals surface area contributed by atoms with Crippen molar-refractivity contribution in [3.63, 3.8) is 0 Å². The fourth-order valence-corrected chi connectivity index (χ4v) is 4.64. The van der Waals surface area contributed by atoms with Gasteiger partial charge in [-0.2, -0.15) is 0 Å². The van der Waals surface area contributed by atoms with Crippen molar-refractivity contribution in [1.82, 2.24) is 0 Å². The van der Waals surface area contributed by atoms with E-state index >= 15 is 0 Å². The zero-order valence-electron chi connectivity index (χ0n) is 13.0. The van der Waals surface area contributed by atoms with Crippen molar-refractivity contribution in [3.8, 4) is 5.75 Å². The summed E-state index contributed by atoms with van der Waals surface area (Å²) in [5.41, 5.74) is 2.86. The molecule has 1 aliphatic carbocycles. The van der Waals surface area contributed by atoms with Crippen molar-refractivity contribution >= 4 is 23.2 Å². The molecule has 0 amide bonds. The van der Waals surface area contributed by atoms with Crippen LogP contribution in [0.25, 0.3) is 0 Å². The van der Waals surface area contributed by atoms with Crippen LogP contribution in [0.3, 0.4) is 0 Å². The molecule has 1 aromatic carbocycles. The number of hydrogen-bond donors (Lipinski definition) is 1. The van der Waals surface area contributed by atoms with Crippen LogP contribution in [-0.2, 0) is 0 Å². The first-order valence-electron chi connectivity index (χ1n) is 7.31. The largest absolute Gasteiger partial charge is 0.507 e. The van der Waals surface area contributed by atoms with Crippen LogP contribution >= 0.6 is 23.2 Å². The molecule has 112 valence electrons. The average Bonchev–Trinajstić information content (AvgIpc) is 2.32. The highest BCUT2D eigenvalue weighted by Gasteiger charge is 2.35. The summed E-state index contributed by atoms with van der Waals surface area (Å²) in [4.78, 5) is 0. The van der Waals surface area contributed by atoms with Crippen LogP contribution in [0.2, 0.25) is 10.0 Å². The Morgan fingerprint density at radius 2 is 1.55 bits per heavy atom. The third-order valence-corrected chi connectivity index (χ3v) is 5.61. The first kappa shape index (κ1) is 16.0. The highest BCUT2D eigenvalue weighted by molar-refractivity contribution is 6.37. The summed E-state index contributed by atoms with van der Waals surface area (Å²) in [6.07, 6.45) is 3.46. The SMILES string of the molecule is Cc1c(O)c(C)c(Cl)c(C2CC(C)CC(C)(C)C2)c1Cl. The third-order valence-electron chi connectivity index (χ3n) is 4.64. The number of rotatable bonds is 1. The number of halogens is 2. The summed E-state index contributed by atoms with van der Waals surface area (Å²) in [5, 5.41) is 11.4. The van der Waals surface area contributed by atoms with E-state index in [-0.39, 0.29) is 5.75 Å². The van der Waals surface area contributed by atoms with Crippen LogP contribution in [0.4, 0.5) is 0 Å². The molecule has 3 heteroatoms. The molecule has 1 fully saturated rings. The summed E-state index contributed by atoms with van der Waals surface area (Å²) in [7, 11) is 0. The van der Waals surface area contributed by atoms with Gasteiger partial charge in [-0.25, -0.2) is 0 Å². The molecule has 0 heterocycles. The Balaban J connectivity index is 2.53. The Morgan fingerprint density at radius 1 is 1.05 bits per heavy atom. The van der Waals surface area contributed by atoms with Crippen LogP contribution < -0.4 is 0 Å². The molecule has 1 N–H and O–H groups in total. The zero-order chi connectivity index (χ0) is 15.2. The van der Waals surface area contributed by atoms with Gasteiger partial charge in [0.05, 0.1) is 10.0 Å². The molecule has 0 spiro atoms. The summed E-state index contributed by atoms with van der Waals surface area (Å²) < 4.78 is 0. The average molecular weight is 315 g/mol. The normalized spacial score (nSPS) is 25.8. The number of phenolic OH excluding ortho intramolecular Hbond substituents is 1. The first-order chi connectivity index (χ1) is 9.14. The molecule has 2 atom stereocenters. The minimum Gasteiger partial charge on any atom is -0.507 e. The molecule has 0 saturated heterocycles. The molecule has 2 rings (SSSR count). The fraction of sp³-hybridized carbons (Fsp3) is 0.647. The predicted octanol–water partition coefficient (Wildman–Crippen LogP) is 6.25. The van der Waals surface area contributed by atoms with Crippen molar-refractivity contribution in [2.45, 2.75) is 59.8 Å². The van der Waals surface area contributed by atoms with E-state index in [9.17, 15) is 5.11 Å². The highest BCUT2D eigenvalue weighted by Crippen LogP contribution is 2.51. The van der Waals surface area contributed by atoms with Gasteiger partial charge in [-0.15, -0.1) is 0 Å². The molecule has 2 unspecified atom stereocenters. The van der Waals surface area contributed by atoms with E-state index in [1.54, 1.807) is 0 Å². The van der Waals surface area contributed by atoms with Gasteiger partial charge in [0.25, 0.3) is 0 Å². The topological polar surface area (TPSA) is 20.2 Å². The van der Waals surface area contributed by atoms with Gasteiger partial charge in [0.1, 0.15) is 5.75 Å². The monoisotopic (exact) mass is 314 g/mol. The van der Waals surface area contributed by atoms with E-state index < -0.39 is 0 Å². The summed E-state index contributed by atoms with van der Waals surface area (Å²) in [6, 6.07) is 0. The lowest BCUT2D eigenvalue weighted by Crippen LogP contribution is -2.27. The second-order valence-corrected chi connectivity index (χ2v) is 8.01. The zero-order valence-corrected chi connectivity index (χ0v) is 14.5. The summed E-state index contributed by atoms with van der Waals surface area (Å²) >= 11 is 13.0. The van der Waals surface area contributed by atoms with Crippen LogP contribution in [-0.4, -0.2) is 5.11 Å². The Hall–Kier alpha value is -0.400. The molecule has 20 heavy (non-hydrogen) atoms. The van der Waals surface area contributed by atoms with Crippen LogP contribution in [0, 0.1) is 25.2 Å². The number of hydrogen-bond acceptors (Lipinski definition) is 1. The van der Waals surface area contributed by atoms with E-state index in [4.69, 9.17) is 23.2 Å². The second-order valence-electron chi connectivity index (χ2n) is 7.25. The van der Waals surface area contributed by atoms with Crippen LogP contribution in [0.15, 0.2) is 0 Å². The maximum Gasteiger partial charge on any atom is 0.124 e. The maximum atomic E-state index is 10.1. The molecule has 1 saturated carbocycles. The minimum absolute atomic E-state index is 0.229. The van der Waals surface area contributed by atoms with E-state index in [0.717, 1.165) is 29.5 Å². The third kappa shape index (κ3) is 2.80. The Morgan fingerprint density at radius 3 is 2.00 bits per heavy atom. The van der Waals surface area contributed by atoms with E-state index in [1.165, 1.54) is 6.42 Å². The van der Waals surface area contributed by atoms with Gasteiger partial charge >= 0.3 is 0 Å². The number of aromatic hydroxyl groups is 1. The van der Waals surface area contributed by atoms with Gasteiger partial charge in [0, 0.05) is 11.1 Å². The Kier molecular flexibility index (Phi) is 4.33. The first-order valence-corrected chi connectivity index (χ1v) is 8.06. The summed E-state index contributed by atoms with van der Waals surface area (Å²) in [5.74, 6) is 1.28. The fourth-order valence-electron chi connectivity index (χ4n) is 3.91. The van der Waals surface area contributed by atoms with Crippen LogP contribution in [0.1, 0.15) is 62.6 Å². The minimum atomic E-state index is 0.229. The van der Waals surface area contributed by atoms with Crippen molar-refractivity contribution in [2.75, 3.05) is 0 Å². The molecule has 1 nitrogen and oxygen atoms in total. The summed E-state index contributed by atoms with van der Waals surface area (Å²) in [6.45, 7) is 10.7. The predicted molar refractivity (Wildman–Crippen MR) is 87.1 cm³/mol. The molecule has 1 aliphatic rings. The van der Waals surface area contributed by atoms with Crippen molar-refractivity contribution in [2.24, 2.45) is 11.3 Å². The second kappa shape index (κ2) is 5.42. The van der Waals surface area contributed by atoms with Gasteiger partial charge < -0.3 is 5.11 Å². The van der Waals surface area contributed by atoms with Gasteiger partial charge in [0.2, 0.25) is 0 Å². The lowest BCUT2D eigenvalue weighted by molar-refractivity contribution is 0.168.